The highest BCUT2D eigenvalue weighted by molar-refractivity contribution is 7.90. The first kappa shape index (κ1) is 19.5. The normalized spacial score (nSPS) is 15.7. The Labute approximate surface area is 169 Å². The Kier molecular flexibility index (Phi) is 5.06. The Morgan fingerprint density at radius 1 is 1.00 bits per heavy atom. The summed E-state index contributed by atoms with van der Waals surface area (Å²) in [5, 5.41) is 10.0. The quantitative estimate of drug-likeness (QED) is 0.711. The molecule has 29 heavy (non-hydrogen) atoms. The van der Waals surface area contributed by atoms with E-state index >= 15 is 0 Å². The van der Waals surface area contributed by atoms with Crippen molar-refractivity contribution in [1.82, 2.24) is 13.8 Å². The zero-order valence-corrected chi connectivity index (χ0v) is 17.0. The number of hydrogen-bond donors (Lipinski definition) is 1. The van der Waals surface area contributed by atoms with Crippen molar-refractivity contribution in [2.45, 2.75) is 18.4 Å². The maximum atomic E-state index is 13.2. The highest BCUT2D eigenvalue weighted by atomic mass is 32.2. The Morgan fingerprint density at radius 2 is 1.69 bits per heavy atom. The van der Waals surface area contributed by atoms with Gasteiger partial charge in [-0.3, -0.25) is 4.90 Å². The molecule has 1 aliphatic rings. The van der Waals surface area contributed by atoms with Gasteiger partial charge in [-0.25, -0.2) is 17.2 Å². The van der Waals surface area contributed by atoms with Gasteiger partial charge in [0.1, 0.15) is 0 Å². The Balaban J connectivity index is 1.68. The highest BCUT2D eigenvalue weighted by Crippen LogP contribution is 2.28. The zero-order chi connectivity index (χ0) is 20.6. The Bertz CT molecular complexity index is 1150. The first-order chi connectivity index (χ1) is 13.9. The van der Waals surface area contributed by atoms with E-state index in [0.717, 1.165) is 10.9 Å². The van der Waals surface area contributed by atoms with Crippen LogP contribution in [0.5, 0.6) is 0 Å². The number of hydrogen-bond acceptors (Lipinski definition) is 4. The molecular weight excluding hydrogens is 390 g/mol. The molecule has 8 heteroatoms. The number of carbonyl (C=O) groups is 1. The average Bonchev–Trinajstić information content (AvgIpc) is 3.06. The van der Waals surface area contributed by atoms with E-state index in [4.69, 9.17) is 5.11 Å². The summed E-state index contributed by atoms with van der Waals surface area (Å²) in [6.07, 6.45) is -0.884. The Morgan fingerprint density at radius 3 is 2.34 bits per heavy atom. The first-order valence-corrected chi connectivity index (χ1v) is 10.9. The van der Waals surface area contributed by atoms with Crippen molar-refractivity contribution >= 4 is 27.0 Å². The molecule has 1 saturated heterocycles. The maximum Gasteiger partial charge on any atom is 0.407 e. The van der Waals surface area contributed by atoms with Crippen LogP contribution in [-0.4, -0.2) is 59.6 Å². The molecular formula is C21H23N3O4S. The molecule has 1 fully saturated rings. The highest BCUT2D eigenvalue weighted by Gasteiger charge is 2.24. The van der Waals surface area contributed by atoms with Crippen LogP contribution in [0.15, 0.2) is 59.5 Å². The van der Waals surface area contributed by atoms with Gasteiger partial charge in [-0.15, -0.1) is 0 Å². The van der Waals surface area contributed by atoms with Gasteiger partial charge < -0.3 is 10.0 Å². The van der Waals surface area contributed by atoms with Gasteiger partial charge in [-0.05, 0) is 36.8 Å². The van der Waals surface area contributed by atoms with E-state index in [1.165, 1.54) is 8.87 Å². The van der Waals surface area contributed by atoms with Crippen LogP contribution in [0.4, 0.5) is 4.79 Å². The van der Waals surface area contributed by atoms with Crippen LogP contribution >= 0.6 is 0 Å². The number of fused-ring (bicyclic) bond motifs is 1. The minimum Gasteiger partial charge on any atom is -0.465 e. The molecule has 0 atom stereocenters. The van der Waals surface area contributed by atoms with Crippen LogP contribution in [0.3, 0.4) is 0 Å². The Hall–Kier alpha value is -2.84. The van der Waals surface area contributed by atoms with Crippen molar-refractivity contribution in [3.05, 3.63) is 65.9 Å². The fourth-order valence-corrected chi connectivity index (χ4v) is 5.46. The van der Waals surface area contributed by atoms with E-state index in [-0.39, 0.29) is 4.90 Å². The van der Waals surface area contributed by atoms with Crippen LogP contribution in [0.25, 0.3) is 10.9 Å². The largest absolute Gasteiger partial charge is 0.465 e. The van der Waals surface area contributed by atoms with Gasteiger partial charge in [0.2, 0.25) is 0 Å². The monoisotopic (exact) mass is 413 g/mol. The lowest BCUT2D eigenvalue weighted by atomic mass is 10.1. The second-order valence-electron chi connectivity index (χ2n) is 7.26. The summed E-state index contributed by atoms with van der Waals surface area (Å²) in [4.78, 5) is 15.0. The smallest absolute Gasteiger partial charge is 0.407 e. The molecule has 0 unspecified atom stereocenters. The number of nitrogens with zero attached hydrogens (tertiary/aromatic N) is 3. The number of aromatic nitrogens is 1. The molecule has 1 aliphatic heterocycles. The summed E-state index contributed by atoms with van der Waals surface area (Å²) >= 11 is 0. The molecule has 0 saturated carbocycles. The molecule has 1 aromatic heterocycles. The molecule has 2 heterocycles. The molecule has 2 aromatic carbocycles. The molecule has 7 nitrogen and oxygen atoms in total. The molecule has 0 radical (unpaired) electrons. The van der Waals surface area contributed by atoms with Crippen molar-refractivity contribution in [2.24, 2.45) is 0 Å². The standard InChI is InChI=1S/C21H23N3O4S/c1-16-14-19-17(15-22-10-12-23(13-11-22)21(25)26)6-5-9-20(19)24(16)29(27,28)18-7-3-2-4-8-18/h2-9,14H,10-13,15H2,1H3,(H,25,26). The summed E-state index contributed by atoms with van der Waals surface area (Å²) in [6.45, 7) is 4.73. The van der Waals surface area contributed by atoms with Gasteiger partial charge >= 0.3 is 6.09 Å². The summed E-state index contributed by atoms with van der Waals surface area (Å²) < 4.78 is 27.9. The lowest BCUT2D eigenvalue weighted by Gasteiger charge is -2.33. The van der Waals surface area contributed by atoms with Gasteiger partial charge in [0.25, 0.3) is 10.0 Å². The molecule has 4 rings (SSSR count). The van der Waals surface area contributed by atoms with Crippen molar-refractivity contribution in [2.75, 3.05) is 26.2 Å². The first-order valence-electron chi connectivity index (χ1n) is 9.49. The van der Waals surface area contributed by atoms with Crippen LogP contribution in [0.2, 0.25) is 0 Å². The van der Waals surface area contributed by atoms with Crippen molar-refractivity contribution in [1.29, 1.82) is 0 Å². The SMILES string of the molecule is Cc1cc2c(CN3CCN(C(=O)O)CC3)cccc2n1S(=O)(=O)c1ccccc1. The molecule has 152 valence electrons. The van der Waals surface area contributed by atoms with Crippen molar-refractivity contribution in [3.63, 3.8) is 0 Å². The third-order valence-electron chi connectivity index (χ3n) is 5.38. The predicted molar refractivity (Wildman–Crippen MR) is 111 cm³/mol. The van der Waals surface area contributed by atoms with Gasteiger partial charge in [-0.1, -0.05) is 30.3 Å². The number of benzene rings is 2. The van der Waals surface area contributed by atoms with Crippen LogP contribution in [0, 0.1) is 6.92 Å². The third-order valence-corrected chi connectivity index (χ3v) is 7.22. The third kappa shape index (κ3) is 3.61. The maximum absolute atomic E-state index is 13.2. The predicted octanol–water partition coefficient (Wildman–Crippen LogP) is 2.98. The minimum atomic E-state index is -3.69. The van der Waals surface area contributed by atoms with Gasteiger partial charge in [0, 0.05) is 43.8 Å². The average molecular weight is 413 g/mol. The van der Waals surface area contributed by atoms with Gasteiger partial charge in [-0.2, -0.15) is 0 Å². The van der Waals surface area contributed by atoms with Crippen LogP contribution in [-0.2, 0) is 16.6 Å². The topological polar surface area (TPSA) is 82.8 Å². The van der Waals surface area contributed by atoms with E-state index in [1.807, 2.05) is 24.3 Å². The number of amides is 1. The number of carboxylic acid groups (broad SMARTS) is 1. The lowest BCUT2D eigenvalue weighted by molar-refractivity contribution is 0.103. The second-order valence-corrected chi connectivity index (χ2v) is 9.05. The van der Waals surface area contributed by atoms with Crippen molar-refractivity contribution < 1.29 is 18.3 Å². The summed E-state index contributed by atoms with van der Waals surface area (Å²) in [5.74, 6) is 0. The fraction of sp³-hybridized carbons (Fsp3) is 0.286. The van der Waals surface area contributed by atoms with E-state index in [9.17, 15) is 13.2 Å². The lowest BCUT2D eigenvalue weighted by Crippen LogP contribution is -2.47. The van der Waals surface area contributed by atoms with Crippen LogP contribution in [0.1, 0.15) is 11.3 Å². The summed E-state index contributed by atoms with van der Waals surface area (Å²) in [5.41, 5.74) is 2.36. The summed E-state index contributed by atoms with van der Waals surface area (Å²) in [6, 6.07) is 16.1. The molecule has 1 N–H and O–H groups in total. The second kappa shape index (κ2) is 7.53. The minimum absolute atomic E-state index is 0.260. The molecule has 3 aromatic rings. The number of piperazine rings is 1. The fourth-order valence-electron chi connectivity index (χ4n) is 3.89. The number of aryl methyl sites for hydroxylation is 1. The van der Waals surface area contributed by atoms with Gasteiger partial charge in [0.05, 0.1) is 10.4 Å². The van der Waals surface area contributed by atoms with E-state index in [0.29, 0.717) is 43.9 Å². The van der Waals surface area contributed by atoms with E-state index in [1.54, 1.807) is 37.3 Å². The molecule has 0 aliphatic carbocycles. The van der Waals surface area contributed by atoms with Crippen molar-refractivity contribution in [3.8, 4) is 0 Å². The summed E-state index contributed by atoms with van der Waals surface area (Å²) in [7, 11) is -3.69. The number of rotatable bonds is 4. The molecule has 0 bridgehead atoms. The van der Waals surface area contributed by atoms with Crippen LogP contribution < -0.4 is 0 Å². The van der Waals surface area contributed by atoms with E-state index in [2.05, 4.69) is 4.90 Å². The van der Waals surface area contributed by atoms with Gasteiger partial charge in [0.15, 0.2) is 0 Å². The zero-order valence-electron chi connectivity index (χ0n) is 16.2. The molecule has 0 spiro atoms. The van der Waals surface area contributed by atoms with E-state index < -0.39 is 16.1 Å². The molecule has 1 amide bonds.